The quantitative estimate of drug-likeness (QED) is 0.416. The van der Waals surface area contributed by atoms with Gasteiger partial charge >= 0.3 is 0 Å². The average molecular weight is 422 g/mol. The first-order chi connectivity index (χ1) is 15.6. The maximum absolute atomic E-state index is 12.9. The number of rotatable bonds is 5. The molecule has 2 aromatic carbocycles. The molecule has 0 bridgehead atoms. The van der Waals surface area contributed by atoms with Gasteiger partial charge in [-0.2, -0.15) is 0 Å². The molecular formula is C26H22N4O2. The molecule has 158 valence electrons. The summed E-state index contributed by atoms with van der Waals surface area (Å²) in [5.41, 5.74) is 5.08. The van der Waals surface area contributed by atoms with Crippen LogP contribution in [0.15, 0.2) is 90.0 Å². The van der Waals surface area contributed by atoms with Crippen LogP contribution in [0.25, 0.3) is 33.3 Å². The molecule has 0 saturated carbocycles. The Balaban J connectivity index is 1.41. The molecule has 0 saturated heterocycles. The summed E-state index contributed by atoms with van der Waals surface area (Å²) in [6.07, 6.45) is 3.40. The number of hydrogen-bond donors (Lipinski definition) is 0. The summed E-state index contributed by atoms with van der Waals surface area (Å²) in [5, 5.41) is 1.11. The Morgan fingerprint density at radius 3 is 2.34 bits per heavy atom. The molecule has 0 atom stereocenters. The smallest absolute Gasteiger partial charge is 0.274 e. The van der Waals surface area contributed by atoms with E-state index in [1.54, 1.807) is 24.1 Å². The summed E-state index contributed by atoms with van der Waals surface area (Å²) < 4.78 is 9.44. The van der Waals surface area contributed by atoms with Crippen LogP contribution in [-0.2, 0) is 20.7 Å². The van der Waals surface area contributed by atoms with Gasteiger partial charge in [-0.3, -0.25) is 19.1 Å². The summed E-state index contributed by atoms with van der Waals surface area (Å²) in [6, 6.07) is 23.6. The predicted molar refractivity (Wildman–Crippen MR) is 125 cm³/mol. The fourth-order valence-electron chi connectivity index (χ4n) is 3.88. The van der Waals surface area contributed by atoms with Gasteiger partial charge in [0, 0.05) is 37.4 Å². The van der Waals surface area contributed by atoms with Crippen LogP contribution in [0.3, 0.4) is 0 Å². The van der Waals surface area contributed by atoms with Crippen LogP contribution in [0.2, 0.25) is 0 Å². The van der Waals surface area contributed by atoms with E-state index in [9.17, 15) is 4.79 Å². The van der Waals surface area contributed by atoms with Crippen molar-refractivity contribution in [3.05, 3.63) is 101 Å². The molecule has 0 aliphatic carbocycles. The summed E-state index contributed by atoms with van der Waals surface area (Å²) in [7, 11) is 3.65. The molecule has 5 rings (SSSR count). The van der Waals surface area contributed by atoms with Crippen LogP contribution in [0.4, 0.5) is 0 Å². The minimum Gasteiger partial charge on any atom is -0.487 e. The average Bonchev–Trinajstić information content (AvgIpc) is 3.07. The van der Waals surface area contributed by atoms with Gasteiger partial charge in [-0.25, -0.2) is 4.98 Å². The topological polar surface area (TPSA) is 61.9 Å². The highest BCUT2D eigenvalue weighted by Gasteiger charge is 2.19. The lowest BCUT2D eigenvalue weighted by Gasteiger charge is -2.10. The van der Waals surface area contributed by atoms with E-state index in [-0.39, 0.29) is 5.56 Å². The Kier molecular flexibility index (Phi) is 5.03. The minimum absolute atomic E-state index is 0.0450. The third-order valence-corrected chi connectivity index (χ3v) is 5.66. The fourth-order valence-corrected chi connectivity index (χ4v) is 3.88. The van der Waals surface area contributed by atoms with Gasteiger partial charge in [0.2, 0.25) is 0 Å². The van der Waals surface area contributed by atoms with Gasteiger partial charge in [0.15, 0.2) is 0 Å². The van der Waals surface area contributed by atoms with Crippen LogP contribution >= 0.6 is 0 Å². The summed E-state index contributed by atoms with van der Waals surface area (Å²) in [5.74, 6) is 0.745. The lowest BCUT2D eigenvalue weighted by molar-refractivity contribution is 0.302. The van der Waals surface area contributed by atoms with Crippen LogP contribution in [0.5, 0.6) is 5.75 Å². The highest BCUT2D eigenvalue weighted by molar-refractivity contribution is 5.81. The van der Waals surface area contributed by atoms with Crippen molar-refractivity contribution in [3.8, 4) is 28.1 Å². The van der Waals surface area contributed by atoms with Gasteiger partial charge in [-0.1, -0.05) is 24.3 Å². The molecule has 0 aliphatic heterocycles. The summed E-state index contributed by atoms with van der Waals surface area (Å²) in [4.78, 5) is 21.6. The maximum Gasteiger partial charge on any atom is 0.274 e. The highest BCUT2D eigenvalue weighted by Crippen LogP contribution is 2.30. The number of ether oxygens (including phenoxy) is 1. The van der Waals surface area contributed by atoms with E-state index in [4.69, 9.17) is 4.74 Å². The van der Waals surface area contributed by atoms with Crippen molar-refractivity contribution >= 4 is 10.9 Å². The number of para-hydroxylation sites is 1. The Morgan fingerprint density at radius 1 is 0.812 bits per heavy atom. The Morgan fingerprint density at radius 2 is 1.56 bits per heavy atom. The second-order valence-corrected chi connectivity index (χ2v) is 7.62. The normalized spacial score (nSPS) is 11.1. The van der Waals surface area contributed by atoms with Crippen molar-refractivity contribution in [2.24, 2.45) is 14.1 Å². The van der Waals surface area contributed by atoms with E-state index in [2.05, 4.69) is 16.0 Å². The minimum atomic E-state index is -0.0450. The zero-order valence-electron chi connectivity index (χ0n) is 17.9. The molecular weight excluding hydrogens is 400 g/mol. The molecule has 0 unspecified atom stereocenters. The van der Waals surface area contributed by atoms with Gasteiger partial charge in [-0.15, -0.1) is 0 Å². The lowest BCUT2D eigenvalue weighted by atomic mass is 10.0. The fraction of sp³-hybridized carbons (Fsp3) is 0.115. The first kappa shape index (κ1) is 19.8. The molecule has 0 N–H and O–H groups in total. The first-order valence-electron chi connectivity index (χ1n) is 10.4. The molecule has 6 nitrogen and oxygen atoms in total. The van der Waals surface area contributed by atoms with E-state index in [1.165, 1.54) is 0 Å². The van der Waals surface area contributed by atoms with E-state index in [0.29, 0.717) is 12.2 Å². The molecule has 6 heteroatoms. The monoisotopic (exact) mass is 422 g/mol. The molecule has 32 heavy (non-hydrogen) atoms. The van der Waals surface area contributed by atoms with Gasteiger partial charge in [0.1, 0.15) is 12.4 Å². The highest BCUT2D eigenvalue weighted by atomic mass is 16.5. The number of aromatic nitrogens is 4. The van der Waals surface area contributed by atoms with Crippen LogP contribution in [0.1, 0.15) is 5.69 Å². The number of fused-ring (bicyclic) bond motifs is 1. The maximum atomic E-state index is 12.9. The van der Waals surface area contributed by atoms with Gasteiger partial charge in [-0.05, 0) is 54.1 Å². The number of benzene rings is 2. The Hall–Kier alpha value is -4.19. The molecule has 0 spiro atoms. The molecule has 5 aromatic rings. The van der Waals surface area contributed by atoms with Crippen molar-refractivity contribution in [3.63, 3.8) is 0 Å². The van der Waals surface area contributed by atoms with Crippen LogP contribution in [0, 0.1) is 0 Å². The van der Waals surface area contributed by atoms with Crippen LogP contribution < -0.4 is 10.3 Å². The van der Waals surface area contributed by atoms with E-state index >= 15 is 0 Å². The standard InChI is InChI=1S/C26H22N4O2/c1-29-25(24(26(31)30(29)2)19-13-15-27-16-14-19)20-8-11-22(12-9-20)32-17-21-10-7-18-5-3-4-6-23(18)28-21/h3-16H,17H2,1-2H3. The summed E-state index contributed by atoms with van der Waals surface area (Å²) >= 11 is 0. The second-order valence-electron chi connectivity index (χ2n) is 7.62. The zero-order valence-corrected chi connectivity index (χ0v) is 17.9. The van der Waals surface area contributed by atoms with Crippen molar-refractivity contribution in [2.45, 2.75) is 6.61 Å². The predicted octanol–water partition coefficient (Wildman–Crippen LogP) is 4.58. The zero-order chi connectivity index (χ0) is 22.1. The molecule has 0 radical (unpaired) electrons. The number of nitrogens with zero attached hydrogens (tertiary/aromatic N) is 4. The molecule has 0 fully saturated rings. The van der Waals surface area contributed by atoms with E-state index in [1.807, 2.05) is 78.5 Å². The SMILES string of the molecule is Cn1c(-c2ccc(OCc3ccc4ccccc4n3)cc2)c(-c2ccncc2)c(=O)n1C. The third kappa shape index (κ3) is 3.56. The molecule has 3 aromatic heterocycles. The second kappa shape index (κ2) is 8.15. The van der Waals surface area contributed by atoms with Crippen molar-refractivity contribution in [1.82, 2.24) is 19.3 Å². The Bertz CT molecular complexity index is 1450. The van der Waals surface area contributed by atoms with Crippen LogP contribution in [-0.4, -0.2) is 19.3 Å². The lowest BCUT2D eigenvalue weighted by Crippen LogP contribution is -2.17. The van der Waals surface area contributed by atoms with Crippen molar-refractivity contribution in [1.29, 1.82) is 0 Å². The summed E-state index contributed by atoms with van der Waals surface area (Å²) in [6.45, 7) is 0.385. The van der Waals surface area contributed by atoms with Crippen molar-refractivity contribution < 1.29 is 4.74 Å². The van der Waals surface area contributed by atoms with E-state index < -0.39 is 0 Å². The number of pyridine rings is 2. The first-order valence-corrected chi connectivity index (χ1v) is 10.4. The van der Waals surface area contributed by atoms with E-state index in [0.717, 1.165) is 39.2 Å². The number of hydrogen-bond acceptors (Lipinski definition) is 4. The van der Waals surface area contributed by atoms with Gasteiger partial charge in [0.05, 0.1) is 22.5 Å². The molecule has 3 heterocycles. The van der Waals surface area contributed by atoms with Gasteiger partial charge in [0.25, 0.3) is 5.56 Å². The molecule has 0 aliphatic rings. The molecule has 0 amide bonds. The third-order valence-electron chi connectivity index (χ3n) is 5.66. The largest absolute Gasteiger partial charge is 0.487 e. The van der Waals surface area contributed by atoms with Crippen molar-refractivity contribution in [2.75, 3.05) is 0 Å². The van der Waals surface area contributed by atoms with Gasteiger partial charge < -0.3 is 4.74 Å². The Labute approximate surface area is 185 Å².